The van der Waals surface area contributed by atoms with Gasteiger partial charge < -0.3 is 16.0 Å². The molecule has 1 aliphatic heterocycles. The Kier molecular flexibility index (Phi) is 5.10. The van der Waals surface area contributed by atoms with Crippen LogP contribution in [0.15, 0.2) is 18.2 Å². The van der Waals surface area contributed by atoms with Gasteiger partial charge in [0.1, 0.15) is 26.9 Å². The highest BCUT2D eigenvalue weighted by Gasteiger charge is 2.32. The van der Waals surface area contributed by atoms with Crippen LogP contribution >= 0.6 is 11.3 Å². The highest BCUT2D eigenvalue weighted by molar-refractivity contribution is 7.21. The summed E-state index contributed by atoms with van der Waals surface area (Å²) in [6.07, 6.45) is 0.469. The molecule has 1 atom stereocenters. The van der Waals surface area contributed by atoms with Gasteiger partial charge in [-0.15, -0.1) is 16.4 Å². The van der Waals surface area contributed by atoms with E-state index >= 15 is 0 Å². The summed E-state index contributed by atoms with van der Waals surface area (Å²) in [6, 6.07) is 2.94. The molecule has 0 aliphatic carbocycles. The topological polar surface area (TPSA) is 101 Å². The van der Waals surface area contributed by atoms with Crippen molar-refractivity contribution in [3.05, 3.63) is 51.5 Å². The molecule has 156 valence electrons. The number of nitrogens with one attached hydrogen (secondary N) is 1. The van der Waals surface area contributed by atoms with Crippen molar-refractivity contribution in [2.75, 3.05) is 18.8 Å². The summed E-state index contributed by atoms with van der Waals surface area (Å²) in [4.78, 5) is 27.6. The van der Waals surface area contributed by atoms with Gasteiger partial charge in [-0.25, -0.2) is 8.78 Å². The van der Waals surface area contributed by atoms with E-state index in [9.17, 15) is 18.4 Å². The van der Waals surface area contributed by atoms with Gasteiger partial charge in [0.2, 0.25) is 0 Å². The van der Waals surface area contributed by atoms with Crippen LogP contribution in [0.1, 0.15) is 37.7 Å². The molecule has 2 aromatic heterocycles. The lowest BCUT2D eigenvalue weighted by molar-refractivity contribution is 0.0774. The number of aromatic nitrogens is 2. The normalized spacial score (nSPS) is 16.3. The zero-order valence-corrected chi connectivity index (χ0v) is 17.1. The van der Waals surface area contributed by atoms with Crippen molar-refractivity contribution in [3.63, 3.8) is 0 Å². The van der Waals surface area contributed by atoms with E-state index in [-0.39, 0.29) is 25.0 Å². The van der Waals surface area contributed by atoms with Gasteiger partial charge in [-0.1, -0.05) is 6.07 Å². The van der Waals surface area contributed by atoms with E-state index in [1.54, 1.807) is 0 Å². The number of thiophene rings is 1. The summed E-state index contributed by atoms with van der Waals surface area (Å²) in [7, 11) is 0. The lowest BCUT2D eigenvalue weighted by Crippen LogP contribution is -2.38. The van der Waals surface area contributed by atoms with E-state index in [2.05, 4.69) is 15.5 Å². The first-order valence-corrected chi connectivity index (χ1v) is 10.2. The van der Waals surface area contributed by atoms with Gasteiger partial charge in [-0.3, -0.25) is 9.59 Å². The maximum absolute atomic E-state index is 13.9. The second-order valence-corrected chi connectivity index (χ2v) is 8.24. The fourth-order valence-corrected chi connectivity index (χ4v) is 4.59. The van der Waals surface area contributed by atoms with E-state index in [4.69, 9.17) is 5.73 Å². The van der Waals surface area contributed by atoms with Gasteiger partial charge in [-0.05, 0) is 38.0 Å². The first-order valence-electron chi connectivity index (χ1n) is 9.34. The van der Waals surface area contributed by atoms with Crippen LogP contribution in [0.4, 0.5) is 14.5 Å². The second kappa shape index (κ2) is 7.60. The number of aryl methyl sites for hydroxylation is 2. The summed E-state index contributed by atoms with van der Waals surface area (Å²) in [5.74, 6) is -2.91. The predicted octanol–water partition coefficient (Wildman–Crippen LogP) is 2.81. The Hall–Kier alpha value is -3.14. The van der Waals surface area contributed by atoms with Crippen molar-refractivity contribution < 1.29 is 18.4 Å². The fourth-order valence-electron chi connectivity index (χ4n) is 3.58. The van der Waals surface area contributed by atoms with Crippen molar-refractivity contribution in [2.24, 2.45) is 0 Å². The molecule has 2 amide bonds. The van der Waals surface area contributed by atoms with E-state index in [1.807, 2.05) is 13.8 Å². The predicted molar refractivity (Wildman–Crippen MR) is 109 cm³/mol. The molecule has 4 rings (SSSR count). The zero-order valence-electron chi connectivity index (χ0n) is 16.3. The minimum absolute atomic E-state index is 0.154. The SMILES string of the molecule is Cc1nnc2sc(C(=O)NC3CCN(C(=O)c4c(F)cccc4F)C3)c(N)c2c1C. The molecule has 1 fully saturated rings. The number of halogens is 2. The molecule has 30 heavy (non-hydrogen) atoms. The first kappa shape index (κ1) is 20.1. The van der Waals surface area contributed by atoms with Gasteiger partial charge in [0.05, 0.1) is 11.4 Å². The quantitative estimate of drug-likeness (QED) is 0.664. The molecule has 1 saturated heterocycles. The number of nitrogens with zero attached hydrogens (tertiary/aromatic N) is 3. The van der Waals surface area contributed by atoms with Crippen molar-refractivity contribution in [1.82, 2.24) is 20.4 Å². The molecular formula is C20H19F2N5O2S. The summed E-state index contributed by atoms with van der Waals surface area (Å²) in [6.45, 7) is 4.13. The average molecular weight is 431 g/mol. The smallest absolute Gasteiger partial charge is 0.263 e. The van der Waals surface area contributed by atoms with Gasteiger partial charge in [0, 0.05) is 24.5 Å². The molecular weight excluding hydrogens is 412 g/mol. The van der Waals surface area contributed by atoms with Crippen LogP contribution in [0.5, 0.6) is 0 Å². The van der Waals surface area contributed by atoms with Crippen molar-refractivity contribution >= 4 is 39.1 Å². The highest BCUT2D eigenvalue weighted by atomic mass is 32.1. The van der Waals surface area contributed by atoms with Crippen LogP contribution in [0.3, 0.4) is 0 Å². The van der Waals surface area contributed by atoms with Gasteiger partial charge >= 0.3 is 0 Å². The summed E-state index contributed by atoms with van der Waals surface area (Å²) < 4.78 is 27.8. The molecule has 0 bridgehead atoms. The van der Waals surface area contributed by atoms with Gasteiger partial charge in [0.15, 0.2) is 0 Å². The summed E-state index contributed by atoms with van der Waals surface area (Å²) in [5, 5.41) is 11.7. The van der Waals surface area contributed by atoms with E-state index in [1.165, 1.54) is 11.0 Å². The number of likely N-dealkylation sites (tertiary alicyclic amines) is 1. The third-order valence-corrected chi connectivity index (χ3v) is 6.42. The minimum atomic E-state index is -0.905. The standard InChI is InChI=1S/C20H19F2N5O2S/c1-9-10(2)25-26-19-14(9)16(23)17(30-19)18(28)24-11-6-7-27(8-11)20(29)15-12(21)4-3-5-13(15)22/h3-5,11H,6-8,23H2,1-2H3,(H,24,28). The van der Waals surface area contributed by atoms with E-state index < -0.39 is 23.1 Å². The summed E-state index contributed by atoms with van der Waals surface area (Å²) in [5.41, 5.74) is 7.58. The molecule has 1 aliphatic rings. The van der Waals surface area contributed by atoms with Gasteiger partial charge in [-0.2, -0.15) is 5.10 Å². The molecule has 7 nitrogen and oxygen atoms in total. The largest absolute Gasteiger partial charge is 0.397 e. The Morgan fingerprint density at radius 2 is 1.93 bits per heavy atom. The van der Waals surface area contributed by atoms with Crippen molar-refractivity contribution in [2.45, 2.75) is 26.3 Å². The molecule has 0 spiro atoms. The van der Waals surface area contributed by atoms with Crippen LogP contribution in [-0.2, 0) is 0 Å². The third-order valence-electron chi connectivity index (χ3n) is 5.33. The van der Waals surface area contributed by atoms with Gasteiger partial charge in [0.25, 0.3) is 11.8 Å². The lowest BCUT2D eigenvalue weighted by Gasteiger charge is -2.18. The van der Waals surface area contributed by atoms with Crippen LogP contribution in [0.25, 0.3) is 10.2 Å². The molecule has 0 radical (unpaired) electrons. The van der Waals surface area contributed by atoms with Crippen LogP contribution in [0.2, 0.25) is 0 Å². The number of carbonyl (C=O) groups is 2. The van der Waals surface area contributed by atoms with Crippen molar-refractivity contribution in [1.29, 1.82) is 0 Å². The average Bonchev–Trinajstić information content (AvgIpc) is 3.29. The maximum Gasteiger partial charge on any atom is 0.263 e. The molecule has 0 saturated carbocycles. The second-order valence-electron chi connectivity index (χ2n) is 7.24. The first-order chi connectivity index (χ1) is 14.3. The third kappa shape index (κ3) is 3.36. The molecule has 10 heteroatoms. The number of anilines is 1. The Bertz CT molecular complexity index is 1160. The number of fused-ring (bicyclic) bond motifs is 1. The number of hydrogen-bond acceptors (Lipinski definition) is 6. The number of nitrogens with two attached hydrogens (primary N) is 1. The number of benzene rings is 1. The monoisotopic (exact) mass is 431 g/mol. The van der Waals surface area contributed by atoms with Crippen LogP contribution < -0.4 is 11.1 Å². The fraction of sp³-hybridized carbons (Fsp3) is 0.300. The Balaban J connectivity index is 1.49. The number of carbonyl (C=O) groups excluding carboxylic acids is 2. The Morgan fingerprint density at radius 3 is 2.63 bits per heavy atom. The van der Waals surface area contributed by atoms with E-state index in [0.717, 1.165) is 40.1 Å². The molecule has 3 aromatic rings. The molecule has 3 N–H and O–H groups in total. The zero-order chi connectivity index (χ0) is 21.6. The molecule has 1 unspecified atom stereocenters. The molecule has 1 aromatic carbocycles. The lowest BCUT2D eigenvalue weighted by atomic mass is 10.1. The number of rotatable bonds is 3. The Morgan fingerprint density at radius 1 is 1.23 bits per heavy atom. The van der Waals surface area contributed by atoms with Crippen LogP contribution in [-0.4, -0.2) is 46.0 Å². The number of amides is 2. The Labute approximate surface area is 174 Å². The van der Waals surface area contributed by atoms with E-state index in [0.29, 0.717) is 21.8 Å². The van der Waals surface area contributed by atoms with Crippen LogP contribution in [0, 0.1) is 25.5 Å². The maximum atomic E-state index is 13.9. The van der Waals surface area contributed by atoms with Crippen molar-refractivity contribution in [3.8, 4) is 0 Å². The number of nitrogen functional groups attached to an aromatic ring is 1. The number of hydrogen-bond donors (Lipinski definition) is 2. The minimum Gasteiger partial charge on any atom is -0.397 e. The molecule has 3 heterocycles. The highest BCUT2D eigenvalue weighted by Crippen LogP contribution is 2.35. The summed E-state index contributed by atoms with van der Waals surface area (Å²) >= 11 is 1.16.